The Hall–Kier alpha value is -0.780. The number of benzene rings is 1. The van der Waals surface area contributed by atoms with Gasteiger partial charge < -0.3 is 14.5 Å². The molecule has 0 saturated carbocycles. The van der Waals surface area contributed by atoms with E-state index in [9.17, 15) is 0 Å². The van der Waals surface area contributed by atoms with Gasteiger partial charge >= 0.3 is 0 Å². The summed E-state index contributed by atoms with van der Waals surface area (Å²) in [5.74, 6) is 1.76. The van der Waals surface area contributed by atoms with Crippen molar-refractivity contribution < 1.29 is 9.15 Å². The van der Waals surface area contributed by atoms with Crippen LogP contribution in [-0.4, -0.2) is 7.11 Å². The summed E-state index contributed by atoms with van der Waals surface area (Å²) >= 11 is 6.73. The van der Waals surface area contributed by atoms with Gasteiger partial charge in [-0.1, -0.05) is 12.1 Å². The van der Waals surface area contributed by atoms with E-state index in [2.05, 4.69) is 56.2 Å². The number of rotatable bonds is 5. The van der Waals surface area contributed by atoms with Gasteiger partial charge in [-0.25, -0.2) is 0 Å². The smallest absolute Gasteiger partial charge is 0.183 e. The van der Waals surface area contributed by atoms with Crippen LogP contribution in [0.2, 0.25) is 0 Å². The number of furan rings is 1. The van der Waals surface area contributed by atoms with E-state index in [1.807, 2.05) is 18.2 Å². The third kappa shape index (κ3) is 3.84. The highest BCUT2D eigenvalue weighted by molar-refractivity contribution is 9.13. The molecule has 1 atom stereocenters. The van der Waals surface area contributed by atoms with Gasteiger partial charge in [0.1, 0.15) is 11.5 Å². The molecule has 0 aliphatic rings. The maximum absolute atomic E-state index is 5.52. The Labute approximate surface area is 129 Å². The SMILES string of the molecule is COc1ccc([C@@H](C)NCc2cc(Br)c(Br)o2)cc1. The number of hydrogen-bond acceptors (Lipinski definition) is 3. The second kappa shape index (κ2) is 6.59. The van der Waals surface area contributed by atoms with Crippen molar-refractivity contribution in [3.05, 3.63) is 50.8 Å². The maximum Gasteiger partial charge on any atom is 0.183 e. The first-order valence-electron chi connectivity index (χ1n) is 5.91. The Kier molecular flexibility index (Phi) is 5.07. The number of methoxy groups -OCH3 is 1. The van der Waals surface area contributed by atoms with Crippen molar-refractivity contribution in [3.63, 3.8) is 0 Å². The van der Waals surface area contributed by atoms with Crippen LogP contribution in [-0.2, 0) is 6.54 Å². The van der Waals surface area contributed by atoms with Crippen molar-refractivity contribution >= 4 is 31.9 Å². The Balaban J connectivity index is 1.94. The molecule has 1 heterocycles. The molecule has 102 valence electrons. The Morgan fingerprint density at radius 1 is 1.26 bits per heavy atom. The molecule has 1 aromatic carbocycles. The molecular formula is C14H15Br2NO2. The summed E-state index contributed by atoms with van der Waals surface area (Å²) < 4.78 is 12.3. The van der Waals surface area contributed by atoms with Crippen LogP contribution in [0.5, 0.6) is 5.75 Å². The average molecular weight is 389 g/mol. The molecule has 0 aliphatic heterocycles. The predicted molar refractivity (Wildman–Crippen MR) is 82.4 cm³/mol. The van der Waals surface area contributed by atoms with E-state index < -0.39 is 0 Å². The zero-order chi connectivity index (χ0) is 13.8. The molecule has 0 bridgehead atoms. The summed E-state index contributed by atoms with van der Waals surface area (Å²) in [5, 5.41) is 3.42. The summed E-state index contributed by atoms with van der Waals surface area (Å²) in [6, 6.07) is 10.3. The molecule has 0 fully saturated rings. The zero-order valence-corrected chi connectivity index (χ0v) is 13.9. The minimum absolute atomic E-state index is 0.244. The first-order valence-corrected chi connectivity index (χ1v) is 7.50. The van der Waals surface area contributed by atoms with Crippen molar-refractivity contribution in [2.24, 2.45) is 0 Å². The minimum Gasteiger partial charge on any atom is -0.497 e. The Morgan fingerprint density at radius 3 is 2.47 bits per heavy atom. The highest BCUT2D eigenvalue weighted by Gasteiger charge is 2.09. The summed E-state index contributed by atoms with van der Waals surface area (Å²) in [6.45, 7) is 2.80. The third-order valence-corrected chi connectivity index (χ3v) is 4.60. The maximum atomic E-state index is 5.52. The van der Waals surface area contributed by atoms with Crippen LogP contribution < -0.4 is 10.1 Å². The third-order valence-electron chi connectivity index (χ3n) is 2.89. The summed E-state index contributed by atoms with van der Waals surface area (Å²) in [6.07, 6.45) is 0. The molecule has 0 aliphatic carbocycles. The normalized spacial score (nSPS) is 12.4. The number of halogens is 2. The van der Waals surface area contributed by atoms with Gasteiger partial charge in [0.2, 0.25) is 0 Å². The first-order chi connectivity index (χ1) is 9.10. The van der Waals surface area contributed by atoms with Crippen LogP contribution in [0.15, 0.2) is 43.9 Å². The second-order valence-electron chi connectivity index (χ2n) is 4.21. The lowest BCUT2D eigenvalue weighted by molar-refractivity contribution is 0.414. The quantitative estimate of drug-likeness (QED) is 0.808. The van der Waals surface area contributed by atoms with Crippen LogP contribution in [0.4, 0.5) is 0 Å². The molecular weight excluding hydrogens is 374 g/mol. The topological polar surface area (TPSA) is 34.4 Å². The van der Waals surface area contributed by atoms with Crippen LogP contribution in [0.1, 0.15) is 24.3 Å². The van der Waals surface area contributed by atoms with E-state index in [-0.39, 0.29) is 6.04 Å². The van der Waals surface area contributed by atoms with E-state index in [1.165, 1.54) is 5.56 Å². The highest BCUT2D eigenvalue weighted by atomic mass is 79.9. The molecule has 2 aromatic rings. The van der Waals surface area contributed by atoms with Gasteiger partial charge in [-0.05, 0) is 62.5 Å². The molecule has 5 heteroatoms. The number of hydrogen-bond donors (Lipinski definition) is 1. The van der Waals surface area contributed by atoms with Gasteiger partial charge in [0.05, 0.1) is 18.1 Å². The van der Waals surface area contributed by atoms with E-state index in [0.29, 0.717) is 6.54 Å². The average Bonchev–Trinajstić information content (AvgIpc) is 2.75. The van der Waals surface area contributed by atoms with Crippen molar-refractivity contribution in [3.8, 4) is 5.75 Å². The molecule has 0 unspecified atom stereocenters. The monoisotopic (exact) mass is 387 g/mol. The van der Waals surface area contributed by atoms with Gasteiger partial charge in [-0.3, -0.25) is 0 Å². The standard InChI is InChI=1S/C14H15Br2NO2/c1-9(10-3-5-11(18-2)6-4-10)17-8-12-7-13(15)14(16)19-12/h3-7,9,17H,8H2,1-2H3/t9-/m1/s1. The van der Waals surface area contributed by atoms with Crippen LogP contribution in [0.3, 0.4) is 0 Å². The highest BCUT2D eigenvalue weighted by Crippen LogP contribution is 2.27. The van der Waals surface area contributed by atoms with Crippen LogP contribution in [0.25, 0.3) is 0 Å². The summed E-state index contributed by atoms with van der Waals surface area (Å²) in [5.41, 5.74) is 1.21. The van der Waals surface area contributed by atoms with E-state index in [1.54, 1.807) is 7.11 Å². The van der Waals surface area contributed by atoms with Gasteiger partial charge in [-0.15, -0.1) is 0 Å². The lowest BCUT2D eigenvalue weighted by Gasteiger charge is -2.13. The predicted octanol–water partition coefficient (Wildman–Crippen LogP) is 4.66. The van der Waals surface area contributed by atoms with Crippen molar-refractivity contribution in [2.75, 3.05) is 7.11 Å². The summed E-state index contributed by atoms with van der Waals surface area (Å²) in [7, 11) is 1.67. The van der Waals surface area contributed by atoms with Crippen LogP contribution >= 0.6 is 31.9 Å². The van der Waals surface area contributed by atoms with Crippen molar-refractivity contribution in [1.82, 2.24) is 5.32 Å². The van der Waals surface area contributed by atoms with Gasteiger partial charge in [0, 0.05) is 6.04 Å². The fourth-order valence-electron chi connectivity index (χ4n) is 1.74. The molecule has 2 rings (SSSR count). The van der Waals surface area contributed by atoms with E-state index in [0.717, 1.165) is 20.7 Å². The lowest BCUT2D eigenvalue weighted by atomic mass is 10.1. The first kappa shape index (κ1) is 14.6. The number of ether oxygens (including phenoxy) is 1. The molecule has 1 aromatic heterocycles. The Bertz CT molecular complexity index is 517. The van der Waals surface area contributed by atoms with Crippen molar-refractivity contribution in [1.29, 1.82) is 0 Å². The van der Waals surface area contributed by atoms with Crippen LogP contribution in [0, 0.1) is 0 Å². The molecule has 1 N–H and O–H groups in total. The molecule has 3 nitrogen and oxygen atoms in total. The summed E-state index contributed by atoms with van der Waals surface area (Å²) in [4.78, 5) is 0. The van der Waals surface area contributed by atoms with E-state index in [4.69, 9.17) is 9.15 Å². The van der Waals surface area contributed by atoms with Gasteiger partial charge in [0.25, 0.3) is 0 Å². The van der Waals surface area contributed by atoms with E-state index >= 15 is 0 Å². The fourth-order valence-corrected chi connectivity index (χ4v) is 2.40. The zero-order valence-electron chi connectivity index (χ0n) is 10.7. The van der Waals surface area contributed by atoms with Gasteiger partial charge in [0.15, 0.2) is 4.67 Å². The van der Waals surface area contributed by atoms with Crippen molar-refractivity contribution in [2.45, 2.75) is 19.5 Å². The molecule has 19 heavy (non-hydrogen) atoms. The minimum atomic E-state index is 0.244. The largest absolute Gasteiger partial charge is 0.497 e. The lowest BCUT2D eigenvalue weighted by Crippen LogP contribution is -2.17. The fraction of sp³-hybridized carbons (Fsp3) is 0.286. The second-order valence-corrected chi connectivity index (χ2v) is 5.78. The Morgan fingerprint density at radius 2 is 1.95 bits per heavy atom. The molecule has 0 spiro atoms. The molecule has 0 amide bonds. The molecule has 0 saturated heterocycles. The number of nitrogens with one attached hydrogen (secondary N) is 1. The van der Waals surface area contributed by atoms with Gasteiger partial charge in [-0.2, -0.15) is 0 Å². The molecule has 0 radical (unpaired) electrons.